The van der Waals surface area contributed by atoms with Crippen molar-refractivity contribution in [2.45, 2.75) is 25.1 Å². The lowest BCUT2D eigenvalue weighted by Crippen LogP contribution is -2.55. The summed E-state index contributed by atoms with van der Waals surface area (Å²) < 4.78 is 47.6. The molecule has 5 rings (SSSR count). The monoisotopic (exact) mass is 350 g/mol. The van der Waals surface area contributed by atoms with E-state index in [2.05, 4.69) is 5.16 Å². The van der Waals surface area contributed by atoms with Crippen LogP contribution in [0.4, 0.5) is 13.2 Å². The molecule has 6 nitrogen and oxygen atoms in total. The standard InChI is InChI=1S/C16H9F3N2O4/c17-7-4-5-3-6-15(19)20-25-16(6)21-8-1-2-9(22)12(23)13(8)24-14(10(7)18)11(5)21/h3-5,11,16H,1-2H2. The predicted molar refractivity (Wildman–Crippen MR) is 75.3 cm³/mol. The van der Waals surface area contributed by atoms with Crippen LogP contribution in [0.3, 0.4) is 0 Å². The van der Waals surface area contributed by atoms with Gasteiger partial charge in [-0.1, -0.05) is 11.2 Å². The molecule has 0 saturated heterocycles. The third kappa shape index (κ3) is 1.72. The van der Waals surface area contributed by atoms with E-state index in [-0.39, 0.29) is 24.2 Å². The second-order valence-corrected chi connectivity index (χ2v) is 6.21. The van der Waals surface area contributed by atoms with E-state index in [0.717, 1.165) is 6.08 Å². The number of halogens is 3. The van der Waals surface area contributed by atoms with Gasteiger partial charge >= 0.3 is 0 Å². The highest BCUT2D eigenvalue weighted by Crippen LogP contribution is 2.49. The first-order chi connectivity index (χ1) is 12.0. The van der Waals surface area contributed by atoms with Gasteiger partial charge in [0.25, 0.3) is 11.7 Å². The van der Waals surface area contributed by atoms with Crippen LogP contribution in [0.15, 0.2) is 51.7 Å². The molecule has 0 fully saturated rings. The maximum Gasteiger partial charge on any atom is 0.265 e. The molecule has 0 spiro atoms. The Kier molecular flexibility index (Phi) is 2.68. The number of oxime groups is 1. The summed E-state index contributed by atoms with van der Waals surface area (Å²) in [6.45, 7) is 0. The SMILES string of the molecule is O=C1CCC2=C(OC3=C(F)C(F)=CC4C=C5C(F)=NOC5N2C34)C1=O. The van der Waals surface area contributed by atoms with E-state index < -0.39 is 53.1 Å². The zero-order valence-corrected chi connectivity index (χ0v) is 12.5. The molecule has 128 valence electrons. The Morgan fingerprint density at radius 2 is 1.96 bits per heavy atom. The van der Waals surface area contributed by atoms with Crippen molar-refractivity contribution in [3.63, 3.8) is 0 Å². The van der Waals surface area contributed by atoms with E-state index in [1.807, 2.05) is 0 Å². The fraction of sp³-hybridized carbons (Fsp3) is 0.312. The quantitative estimate of drug-likeness (QED) is 0.626. The van der Waals surface area contributed by atoms with E-state index in [1.165, 1.54) is 11.0 Å². The van der Waals surface area contributed by atoms with Crippen LogP contribution in [-0.2, 0) is 19.2 Å². The van der Waals surface area contributed by atoms with Gasteiger partial charge in [0.05, 0.1) is 11.3 Å². The van der Waals surface area contributed by atoms with Crippen molar-refractivity contribution >= 4 is 17.5 Å². The average molecular weight is 350 g/mol. The number of carbonyl (C=O) groups excluding carboxylic acids is 2. The summed E-state index contributed by atoms with van der Waals surface area (Å²) in [5, 5.41) is 3.30. The van der Waals surface area contributed by atoms with Gasteiger partial charge < -0.3 is 14.5 Å². The first kappa shape index (κ1) is 14.5. The summed E-state index contributed by atoms with van der Waals surface area (Å²) in [5.41, 5.74) is 0.386. The minimum atomic E-state index is -1.25. The van der Waals surface area contributed by atoms with Gasteiger partial charge in [0.15, 0.2) is 23.2 Å². The van der Waals surface area contributed by atoms with Crippen molar-refractivity contribution in [2.24, 2.45) is 11.1 Å². The molecule has 0 bridgehead atoms. The van der Waals surface area contributed by atoms with Crippen LogP contribution in [0.5, 0.6) is 0 Å². The van der Waals surface area contributed by atoms with Crippen LogP contribution >= 0.6 is 0 Å². The Bertz CT molecular complexity index is 914. The molecule has 0 aromatic carbocycles. The first-order valence-corrected chi connectivity index (χ1v) is 7.63. The fourth-order valence-electron chi connectivity index (χ4n) is 3.81. The van der Waals surface area contributed by atoms with Crippen molar-refractivity contribution < 1.29 is 32.3 Å². The van der Waals surface area contributed by atoms with Crippen LogP contribution in [0.25, 0.3) is 0 Å². The Morgan fingerprint density at radius 3 is 2.76 bits per heavy atom. The first-order valence-electron chi connectivity index (χ1n) is 7.63. The summed E-state index contributed by atoms with van der Waals surface area (Å²) in [7, 11) is 0. The highest BCUT2D eigenvalue weighted by atomic mass is 19.2. The van der Waals surface area contributed by atoms with Gasteiger partial charge in [-0.25, -0.2) is 4.39 Å². The molecule has 0 amide bonds. The van der Waals surface area contributed by atoms with Crippen molar-refractivity contribution in [3.8, 4) is 0 Å². The largest absolute Gasteiger partial charge is 0.450 e. The normalized spacial score (nSPS) is 33.0. The van der Waals surface area contributed by atoms with Crippen LogP contribution in [0.2, 0.25) is 0 Å². The molecule has 5 aliphatic rings. The molecule has 3 aliphatic heterocycles. The van der Waals surface area contributed by atoms with Crippen LogP contribution in [0.1, 0.15) is 12.8 Å². The third-order valence-electron chi connectivity index (χ3n) is 4.89. The molecule has 3 unspecified atom stereocenters. The predicted octanol–water partition coefficient (Wildman–Crippen LogP) is 2.07. The Labute approximate surface area is 138 Å². The third-order valence-corrected chi connectivity index (χ3v) is 4.89. The smallest absolute Gasteiger partial charge is 0.265 e. The Balaban J connectivity index is 1.75. The summed E-state index contributed by atoms with van der Waals surface area (Å²) in [4.78, 5) is 30.4. The van der Waals surface area contributed by atoms with Crippen LogP contribution in [-0.4, -0.2) is 34.7 Å². The van der Waals surface area contributed by atoms with E-state index in [9.17, 15) is 22.8 Å². The molecule has 9 heteroatoms. The van der Waals surface area contributed by atoms with E-state index in [4.69, 9.17) is 9.57 Å². The maximum atomic E-state index is 14.3. The molecule has 0 N–H and O–H groups in total. The summed E-state index contributed by atoms with van der Waals surface area (Å²) in [6, 6.07) is -0.839. The molecule has 0 saturated carbocycles. The second-order valence-electron chi connectivity index (χ2n) is 6.21. The lowest BCUT2D eigenvalue weighted by molar-refractivity contribution is -0.138. The van der Waals surface area contributed by atoms with Crippen LogP contribution < -0.4 is 0 Å². The number of nitrogens with zero attached hydrogens (tertiary/aromatic N) is 2. The van der Waals surface area contributed by atoms with Gasteiger partial charge in [0.1, 0.15) is 6.04 Å². The van der Waals surface area contributed by atoms with Gasteiger partial charge in [-0.15, -0.1) is 0 Å². The van der Waals surface area contributed by atoms with Crippen molar-refractivity contribution in [1.82, 2.24) is 4.90 Å². The number of ketones is 2. The Morgan fingerprint density at radius 1 is 1.16 bits per heavy atom. The number of hydrogen-bond acceptors (Lipinski definition) is 6. The van der Waals surface area contributed by atoms with Crippen molar-refractivity contribution in [3.05, 3.63) is 46.6 Å². The minimum Gasteiger partial charge on any atom is -0.450 e. The van der Waals surface area contributed by atoms with Gasteiger partial charge in [-0.05, 0) is 12.5 Å². The molecule has 0 aromatic rings. The summed E-state index contributed by atoms with van der Waals surface area (Å²) in [6.07, 6.45) is 1.52. The lowest BCUT2D eigenvalue weighted by atomic mass is 9.82. The minimum absolute atomic E-state index is 0.0459. The van der Waals surface area contributed by atoms with Crippen LogP contribution in [0, 0.1) is 5.92 Å². The lowest BCUT2D eigenvalue weighted by Gasteiger charge is -2.48. The molecule has 3 heterocycles. The van der Waals surface area contributed by atoms with Gasteiger partial charge in [-0.3, -0.25) is 9.59 Å². The number of allylic oxidation sites excluding steroid dienone is 4. The number of fused-ring (bicyclic) bond motifs is 3. The summed E-state index contributed by atoms with van der Waals surface area (Å²) in [5.74, 6) is -6.38. The summed E-state index contributed by atoms with van der Waals surface area (Å²) >= 11 is 0. The average Bonchev–Trinajstić information content (AvgIpc) is 2.96. The number of hydrogen-bond donors (Lipinski definition) is 0. The van der Waals surface area contributed by atoms with E-state index in [0.29, 0.717) is 5.70 Å². The number of Topliss-reactive ketones (excluding diaryl/α,β-unsaturated/α-hetero) is 2. The van der Waals surface area contributed by atoms with Gasteiger partial charge in [0, 0.05) is 12.3 Å². The Hall–Kier alpha value is -2.84. The molecule has 25 heavy (non-hydrogen) atoms. The molecule has 3 atom stereocenters. The van der Waals surface area contributed by atoms with Gasteiger partial charge in [-0.2, -0.15) is 8.78 Å². The fourth-order valence-corrected chi connectivity index (χ4v) is 3.81. The van der Waals surface area contributed by atoms with Crippen molar-refractivity contribution in [1.29, 1.82) is 0 Å². The molecular formula is C16H9F3N2O4. The zero-order valence-electron chi connectivity index (χ0n) is 12.5. The molecular weight excluding hydrogens is 341 g/mol. The molecule has 2 aliphatic carbocycles. The zero-order chi connectivity index (χ0) is 17.5. The van der Waals surface area contributed by atoms with E-state index in [1.54, 1.807) is 0 Å². The van der Waals surface area contributed by atoms with Crippen molar-refractivity contribution in [2.75, 3.05) is 0 Å². The van der Waals surface area contributed by atoms with E-state index >= 15 is 0 Å². The highest BCUT2D eigenvalue weighted by molar-refractivity contribution is 6.43. The molecule has 0 aromatic heterocycles. The number of ether oxygens (including phenoxy) is 1. The topological polar surface area (TPSA) is 68.2 Å². The number of carbonyl (C=O) groups is 2. The highest BCUT2D eigenvalue weighted by Gasteiger charge is 2.54. The maximum absolute atomic E-state index is 14.3. The van der Waals surface area contributed by atoms with Gasteiger partial charge in [0.2, 0.25) is 12.0 Å². The molecule has 0 radical (unpaired) electrons. The second kappa shape index (κ2) is 4.62. The number of rotatable bonds is 0.